The molecule has 2 atom stereocenters. The van der Waals surface area contributed by atoms with E-state index in [9.17, 15) is 19.0 Å². The van der Waals surface area contributed by atoms with Crippen molar-refractivity contribution in [3.63, 3.8) is 0 Å². The lowest BCUT2D eigenvalue weighted by atomic mass is 10.0. The molecule has 0 rings (SSSR count). The van der Waals surface area contributed by atoms with Gasteiger partial charge in [-0.25, -0.2) is 4.57 Å². The van der Waals surface area contributed by atoms with Crippen LogP contribution < -0.4 is 5.73 Å². The van der Waals surface area contributed by atoms with Crippen LogP contribution in [-0.4, -0.2) is 49.3 Å². The first kappa shape index (κ1) is 95.9. The summed E-state index contributed by atoms with van der Waals surface area (Å²) in [4.78, 5) is 35.5. The summed E-state index contributed by atoms with van der Waals surface area (Å²) in [5.74, 6) is -0.806. The average molecular weight is 1410 g/mol. The summed E-state index contributed by atoms with van der Waals surface area (Å²) in [5.41, 5.74) is 5.42. The first-order chi connectivity index (χ1) is 48.8. The van der Waals surface area contributed by atoms with E-state index in [-0.39, 0.29) is 38.6 Å². The summed E-state index contributed by atoms with van der Waals surface area (Å²) in [5, 5.41) is 0. The fourth-order valence-electron chi connectivity index (χ4n) is 12.7. The van der Waals surface area contributed by atoms with Crippen LogP contribution in [0.25, 0.3) is 0 Å². The first-order valence-electron chi connectivity index (χ1n) is 42.7. The predicted octanol–water partition coefficient (Wildman–Crippen LogP) is 29.0. The van der Waals surface area contributed by atoms with Crippen molar-refractivity contribution in [2.24, 2.45) is 5.73 Å². The fourth-order valence-corrected chi connectivity index (χ4v) is 13.4. The summed E-state index contributed by atoms with van der Waals surface area (Å²) in [6.07, 6.45) is 116. The lowest BCUT2D eigenvalue weighted by molar-refractivity contribution is -0.161. The highest BCUT2D eigenvalue weighted by Crippen LogP contribution is 2.43. The highest BCUT2D eigenvalue weighted by Gasteiger charge is 2.26. The Morgan fingerprint density at radius 3 is 0.828 bits per heavy atom. The maximum atomic E-state index is 12.8. The summed E-state index contributed by atoms with van der Waals surface area (Å²) in [6, 6.07) is 0. The summed E-state index contributed by atoms with van der Waals surface area (Å²) in [6.45, 7) is 3.68. The molecule has 99 heavy (non-hydrogen) atoms. The number of carbonyl (C=O) groups excluding carboxylic acids is 2. The Labute approximate surface area is 614 Å². The summed E-state index contributed by atoms with van der Waals surface area (Å²) < 4.78 is 33.3. The van der Waals surface area contributed by atoms with E-state index in [1.54, 1.807) is 0 Å². The first-order valence-corrected chi connectivity index (χ1v) is 44.2. The quantitative estimate of drug-likeness (QED) is 0.0264. The molecule has 0 fully saturated rings. The van der Waals surface area contributed by atoms with Crippen LogP contribution in [0.2, 0.25) is 0 Å². The van der Waals surface area contributed by atoms with E-state index in [1.807, 2.05) is 0 Å². The van der Waals surface area contributed by atoms with Gasteiger partial charge < -0.3 is 20.1 Å². The van der Waals surface area contributed by atoms with Crippen molar-refractivity contribution in [2.45, 2.75) is 431 Å². The molecule has 0 aliphatic rings. The number of ether oxygens (including phenoxy) is 2. The number of hydrogen-bond donors (Lipinski definition) is 2. The van der Waals surface area contributed by atoms with Crippen molar-refractivity contribution in [1.29, 1.82) is 0 Å². The standard InChI is InChI=1S/C89H162NO8P/c1-3-5-7-9-11-13-15-17-19-21-23-25-27-29-31-33-35-37-39-41-42-43-44-46-47-49-51-53-55-57-59-61-63-65-67-69-71-73-75-77-79-81-88(91)95-85-87(86-97-99(93,94)96-84-83-90)98-89(92)82-80-78-76-74-72-70-68-66-64-62-60-58-56-54-52-50-48-45-40-38-36-34-32-30-28-26-24-22-20-18-16-14-12-10-8-6-4-2/h6,8,12,14-15,17-18,20-21,23-24,26-27,29-30,32,87H,3-5,7,9-11,13,16,19,22,25,28,31,33-86,90H2,1-2H3,(H,93,94)/b8-6-,14-12-,17-15-,20-18-,23-21-,26-24-,29-27-,32-30-. The zero-order valence-electron chi connectivity index (χ0n) is 65.2. The van der Waals surface area contributed by atoms with E-state index in [1.165, 1.54) is 315 Å². The highest BCUT2D eigenvalue weighted by atomic mass is 31.2. The number of phosphoric ester groups is 1. The molecule has 0 saturated carbocycles. The van der Waals surface area contributed by atoms with Gasteiger partial charge in [-0.1, -0.05) is 413 Å². The minimum Gasteiger partial charge on any atom is -0.462 e. The van der Waals surface area contributed by atoms with Gasteiger partial charge in [-0.15, -0.1) is 0 Å². The van der Waals surface area contributed by atoms with Crippen LogP contribution in [0.5, 0.6) is 0 Å². The monoisotopic (exact) mass is 1400 g/mol. The van der Waals surface area contributed by atoms with E-state index in [0.717, 1.165) is 77.0 Å². The van der Waals surface area contributed by atoms with Crippen molar-refractivity contribution < 1.29 is 37.6 Å². The molecular formula is C89H162NO8P. The molecule has 2 unspecified atom stereocenters. The topological polar surface area (TPSA) is 134 Å². The van der Waals surface area contributed by atoms with E-state index >= 15 is 0 Å². The summed E-state index contributed by atoms with van der Waals surface area (Å²) >= 11 is 0. The Hall–Kier alpha value is -3.07. The summed E-state index contributed by atoms with van der Waals surface area (Å²) in [7, 11) is -4.40. The highest BCUT2D eigenvalue weighted by molar-refractivity contribution is 7.47. The lowest BCUT2D eigenvalue weighted by Crippen LogP contribution is -2.29. The van der Waals surface area contributed by atoms with E-state index < -0.39 is 26.5 Å². The number of allylic oxidation sites excluding steroid dienone is 16. The van der Waals surface area contributed by atoms with Gasteiger partial charge in [-0.05, 0) is 96.3 Å². The molecule has 0 amide bonds. The Morgan fingerprint density at radius 2 is 0.556 bits per heavy atom. The van der Waals surface area contributed by atoms with Gasteiger partial charge in [-0.3, -0.25) is 18.6 Å². The van der Waals surface area contributed by atoms with Gasteiger partial charge in [-0.2, -0.15) is 0 Å². The molecule has 3 N–H and O–H groups in total. The molecule has 0 aromatic carbocycles. The maximum absolute atomic E-state index is 12.8. The SMILES string of the molecule is CC/C=C\C/C=C\C/C=C\C/C=C\C/C=C\CCCCCCCCCCCCCCCCCCCCCCCC(=O)OC(COC(=O)CCCCCCCCCCCCCCCCCCCCCCCCCCCC/C=C\C/C=C\C/C=C\CCCCCCC)COP(=O)(O)OCCN. The van der Waals surface area contributed by atoms with Crippen molar-refractivity contribution in [2.75, 3.05) is 26.4 Å². The Bertz CT molecular complexity index is 1950. The van der Waals surface area contributed by atoms with Gasteiger partial charge in [0.15, 0.2) is 6.10 Å². The second-order valence-electron chi connectivity index (χ2n) is 28.7. The molecule has 0 aromatic rings. The Kier molecular flexibility index (Phi) is 81.3. The van der Waals surface area contributed by atoms with Gasteiger partial charge >= 0.3 is 19.8 Å². The molecule has 0 aliphatic heterocycles. The molecule has 0 radical (unpaired) electrons. The maximum Gasteiger partial charge on any atom is 0.472 e. The largest absolute Gasteiger partial charge is 0.472 e. The molecule has 0 bridgehead atoms. The zero-order chi connectivity index (χ0) is 71.5. The van der Waals surface area contributed by atoms with Crippen LogP contribution in [0.4, 0.5) is 0 Å². The second-order valence-corrected chi connectivity index (χ2v) is 30.1. The van der Waals surface area contributed by atoms with Crippen LogP contribution in [0, 0.1) is 0 Å². The number of carbonyl (C=O) groups is 2. The van der Waals surface area contributed by atoms with Crippen molar-refractivity contribution in [3.05, 3.63) is 97.2 Å². The third-order valence-electron chi connectivity index (χ3n) is 19.0. The molecule has 576 valence electrons. The van der Waals surface area contributed by atoms with Gasteiger partial charge in [0.1, 0.15) is 6.61 Å². The number of hydrogen-bond acceptors (Lipinski definition) is 8. The van der Waals surface area contributed by atoms with Crippen molar-refractivity contribution >= 4 is 19.8 Å². The smallest absolute Gasteiger partial charge is 0.462 e. The molecule has 10 heteroatoms. The van der Waals surface area contributed by atoms with Crippen LogP contribution in [0.15, 0.2) is 97.2 Å². The molecule has 0 saturated heterocycles. The van der Waals surface area contributed by atoms with Crippen LogP contribution >= 0.6 is 7.82 Å². The van der Waals surface area contributed by atoms with Gasteiger partial charge in [0.25, 0.3) is 0 Å². The van der Waals surface area contributed by atoms with E-state index in [2.05, 4.69) is 111 Å². The van der Waals surface area contributed by atoms with Crippen molar-refractivity contribution in [1.82, 2.24) is 0 Å². The second kappa shape index (κ2) is 83.9. The Balaban J connectivity index is 3.74. The van der Waals surface area contributed by atoms with Gasteiger partial charge in [0.05, 0.1) is 13.2 Å². The third kappa shape index (κ3) is 83.8. The van der Waals surface area contributed by atoms with E-state index in [0.29, 0.717) is 6.42 Å². The minimum atomic E-state index is -4.40. The lowest BCUT2D eigenvalue weighted by Gasteiger charge is -2.19. The molecule has 0 spiro atoms. The molecule has 0 heterocycles. The Morgan fingerprint density at radius 1 is 0.313 bits per heavy atom. The number of rotatable bonds is 81. The zero-order valence-corrected chi connectivity index (χ0v) is 66.1. The molecular weight excluding hydrogens is 1240 g/mol. The van der Waals surface area contributed by atoms with Gasteiger partial charge in [0.2, 0.25) is 0 Å². The van der Waals surface area contributed by atoms with Crippen molar-refractivity contribution in [3.8, 4) is 0 Å². The number of phosphoric acid groups is 1. The van der Waals surface area contributed by atoms with Crippen LogP contribution in [0.1, 0.15) is 425 Å². The molecule has 0 aromatic heterocycles. The number of unbranched alkanes of at least 4 members (excludes halogenated alkanes) is 52. The molecule has 9 nitrogen and oxygen atoms in total. The number of nitrogens with two attached hydrogens (primary N) is 1. The van der Waals surface area contributed by atoms with E-state index in [4.69, 9.17) is 24.3 Å². The average Bonchev–Trinajstić information content (AvgIpc) is 1.64. The van der Waals surface area contributed by atoms with Gasteiger partial charge in [0, 0.05) is 19.4 Å². The third-order valence-corrected chi connectivity index (χ3v) is 19.9. The number of esters is 2. The van der Waals surface area contributed by atoms with Crippen LogP contribution in [0.3, 0.4) is 0 Å². The van der Waals surface area contributed by atoms with Crippen LogP contribution in [-0.2, 0) is 32.7 Å². The molecule has 0 aliphatic carbocycles. The fraction of sp³-hybridized carbons (Fsp3) is 0.798. The minimum absolute atomic E-state index is 0.0541. The predicted molar refractivity (Wildman–Crippen MR) is 432 cm³/mol. The normalized spacial score (nSPS) is 13.3.